The molecule has 1 atom stereocenters. The molecule has 0 fully saturated rings. The summed E-state index contributed by atoms with van der Waals surface area (Å²) in [6.07, 6.45) is -0.240. The number of nitrogens with one attached hydrogen (secondary N) is 2. The van der Waals surface area contributed by atoms with Crippen molar-refractivity contribution in [1.82, 2.24) is 20.1 Å². The number of rotatable bonds is 9. The molecule has 36 heavy (non-hydrogen) atoms. The van der Waals surface area contributed by atoms with E-state index in [1.807, 2.05) is 0 Å². The van der Waals surface area contributed by atoms with E-state index < -0.39 is 12.0 Å². The lowest BCUT2D eigenvalue weighted by atomic mass is 10.2. The van der Waals surface area contributed by atoms with Crippen LogP contribution in [0.3, 0.4) is 0 Å². The minimum Gasteiger partial charge on any atom is -0.459 e. The van der Waals surface area contributed by atoms with E-state index in [9.17, 15) is 14.4 Å². The van der Waals surface area contributed by atoms with E-state index in [-0.39, 0.29) is 28.7 Å². The number of benzene rings is 2. The van der Waals surface area contributed by atoms with Crippen LogP contribution in [0.25, 0.3) is 0 Å². The van der Waals surface area contributed by atoms with Crippen LogP contribution in [0.2, 0.25) is 10.0 Å². The van der Waals surface area contributed by atoms with Crippen LogP contribution in [0.1, 0.15) is 53.4 Å². The smallest absolute Gasteiger partial charge is 0.338 e. The van der Waals surface area contributed by atoms with E-state index in [0.29, 0.717) is 32.8 Å². The molecule has 2 amide bonds. The lowest BCUT2D eigenvalue weighted by Crippen LogP contribution is -2.28. The van der Waals surface area contributed by atoms with Crippen LogP contribution in [0.15, 0.2) is 47.6 Å². The summed E-state index contributed by atoms with van der Waals surface area (Å²) in [6.45, 7) is 5.31. The van der Waals surface area contributed by atoms with Crippen molar-refractivity contribution in [3.05, 3.63) is 69.5 Å². The van der Waals surface area contributed by atoms with Crippen LogP contribution >= 0.6 is 35.0 Å². The van der Waals surface area contributed by atoms with Gasteiger partial charge in [-0.3, -0.25) is 9.59 Å². The number of hydrogen-bond donors (Lipinski definition) is 2. The minimum absolute atomic E-state index is 0.0661. The van der Waals surface area contributed by atoms with Crippen LogP contribution in [0.4, 0.5) is 5.69 Å². The summed E-state index contributed by atoms with van der Waals surface area (Å²) in [4.78, 5) is 37.1. The van der Waals surface area contributed by atoms with Crippen LogP contribution in [-0.2, 0) is 16.6 Å². The molecule has 0 bridgehead atoms. The van der Waals surface area contributed by atoms with Gasteiger partial charge in [-0.15, -0.1) is 10.2 Å². The lowest BCUT2D eigenvalue weighted by molar-refractivity contribution is -0.113. The molecular formula is C24H25Cl2N5O4S. The second-order valence-corrected chi connectivity index (χ2v) is 9.85. The van der Waals surface area contributed by atoms with Gasteiger partial charge in [0.05, 0.1) is 33.5 Å². The predicted molar refractivity (Wildman–Crippen MR) is 140 cm³/mol. The SMILES string of the molecule is CC(C)OC(=O)c1cccc(NC(=O)CSc2nnc([C@H](C)NC(=O)c3ccc(Cl)c(Cl)c3)n2C)c1. The maximum absolute atomic E-state index is 12.6. The predicted octanol–water partition coefficient (Wildman–Crippen LogP) is 4.91. The first-order valence-corrected chi connectivity index (χ1v) is 12.7. The molecule has 0 unspecified atom stereocenters. The number of aromatic nitrogens is 3. The zero-order chi connectivity index (χ0) is 26.4. The van der Waals surface area contributed by atoms with Gasteiger partial charge in [0.1, 0.15) is 0 Å². The van der Waals surface area contributed by atoms with Crippen molar-refractivity contribution in [2.24, 2.45) is 7.05 Å². The molecule has 0 spiro atoms. The number of halogens is 2. The Morgan fingerprint density at radius 3 is 2.47 bits per heavy atom. The van der Waals surface area contributed by atoms with Gasteiger partial charge in [-0.05, 0) is 57.2 Å². The molecular weight excluding hydrogens is 525 g/mol. The molecule has 1 heterocycles. The molecule has 2 N–H and O–H groups in total. The second kappa shape index (κ2) is 12.2. The number of carbonyl (C=O) groups excluding carboxylic acids is 3. The fourth-order valence-corrected chi connectivity index (χ4v) is 4.16. The van der Waals surface area contributed by atoms with Gasteiger partial charge in [-0.25, -0.2) is 4.79 Å². The number of carbonyl (C=O) groups is 3. The Labute approximate surface area is 222 Å². The Hall–Kier alpha value is -3.08. The maximum atomic E-state index is 12.6. The Balaban J connectivity index is 1.57. The summed E-state index contributed by atoms with van der Waals surface area (Å²) < 4.78 is 6.89. The van der Waals surface area contributed by atoms with E-state index in [1.54, 1.807) is 68.8 Å². The Kier molecular flexibility index (Phi) is 9.36. The summed E-state index contributed by atoms with van der Waals surface area (Å²) in [7, 11) is 1.75. The summed E-state index contributed by atoms with van der Waals surface area (Å²) in [6, 6.07) is 10.7. The average Bonchev–Trinajstić information content (AvgIpc) is 3.19. The van der Waals surface area contributed by atoms with Gasteiger partial charge >= 0.3 is 5.97 Å². The van der Waals surface area contributed by atoms with Crippen molar-refractivity contribution >= 4 is 58.4 Å². The Morgan fingerprint density at radius 1 is 1.03 bits per heavy atom. The van der Waals surface area contributed by atoms with Gasteiger partial charge in [0.2, 0.25) is 5.91 Å². The molecule has 0 saturated carbocycles. The van der Waals surface area contributed by atoms with Crippen LogP contribution < -0.4 is 10.6 Å². The minimum atomic E-state index is -0.457. The Morgan fingerprint density at radius 2 is 1.78 bits per heavy atom. The number of amides is 2. The molecule has 3 rings (SSSR count). The highest BCUT2D eigenvalue weighted by Gasteiger charge is 2.20. The number of thioether (sulfide) groups is 1. The molecule has 1 aromatic heterocycles. The standard InChI is InChI=1S/C24H25Cl2N5O4S/c1-13(2)35-23(34)16-6-5-7-17(10-16)28-20(32)12-36-24-30-29-21(31(24)4)14(3)27-22(33)15-8-9-18(25)19(26)11-15/h5-11,13-14H,12H2,1-4H3,(H,27,33)(H,28,32)/t14-/m0/s1. The fourth-order valence-electron chi connectivity index (χ4n) is 3.14. The lowest BCUT2D eigenvalue weighted by Gasteiger charge is -2.14. The molecule has 190 valence electrons. The van der Waals surface area contributed by atoms with E-state index in [1.165, 1.54) is 17.8 Å². The van der Waals surface area contributed by atoms with Crippen molar-refractivity contribution in [3.8, 4) is 0 Å². The summed E-state index contributed by atoms with van der Waals surface area (Å²) >= 11 is 13.1. The normalized spacial score (nSPS) is 11.8. The van der Waals surface area contributed by atoms with Crippen molar-refractivity contribution < 1.29 is 19.1 Å². The molecule has 0 radical (unpaired) electrons. The number of anilines is 1. The van der Waals surface area contributed by atoms with Crippen LogP contribution in [0, 0.1) is 0 Å². The van der Waals surface area contributed by atoms with Gasteiger partial charge in [0.15, 0.2) is 11.0 Å². The number of esters is 1. The summed E-state index contributed by atoms with van der Waals surface area (Å²) in [5, 5.41) is 15.1. The highest BCUT2D eigenvalue weighted by atomic mass is 35.5. The number of ether oxygens (including phenoxy) is 1. The third-order valence-corrected chi connectivity index (χ3v) is 6.60. The first-order chi connectivity index (χ1) is 17.0. The van der Waals surface area contributed by atoms with Crippen LogP contribution in [0.5, 0.6) is 0 Å². The molecule has 12 heteroatoms. The second-order valence-electron chi connectivity index (χ2n) is 8.10. The van der Waals surface area contributed by atoms with Crippen molar-refractivity contribution in [2.45, 2.75) is 38.1 Å². The average molecular weight is 550 g/mol. The third-order valence-electron chi connectivity index (χ3n) is 4.84. The summed E-state index contributed by atoms with van der Waals surface area (Å²) in [5.74, 6) is -0.487. The molecule has 0 saturated heterocycles. The Bertz CT molecular complexity index is 1280. The van der Waals surface area contributed by atoms with Crippen molar-refractivity contribution in [1.29, 1.82) is 0 Å². The zero-order valence-electron chi connectivity index (χ0n) is 20.0. The van der Waals surface area contributed by atoms with Gasteiger partial charge in [0, 0.05) is 18.3 Å². The molecule has 3 aromatic rings. The number of nitrogens with zero attached hydrogens (tertiary/aromatic N) is 3. The van der Waals surface area contributed by atoms with Gasteiger partial charge in [-0.2, -0.15) is 0 Å². The molecule has 0 aliphatic carbocycles. The highest BCUT2D eigenvalue weighted by molar-refractivity contribution is 7.99. The third kappa shape index (κ3) is 7.22. The van der Waals surface area contributed by atoms with Gasteiger partial charge < -0.3 is 19.9 Å². The topological polar surface area (TPSA) is 115 Å². The maximum Gasteiger partial charge on any atom is 0.338 e. The number of hydrogen-bond acceptors (Lipinski definition) is 7. The van der Waals surface area contributed by atoms with Crippen LogP contribution in [-0.4, -0.2) is 44.4 Å². The quantitative estimate of drug-likeness (QED) is 0.287. The fraction of sp³-hybridized carbons (Fsp3) is 0.292. The first-order valence-electron chi connectivity index (χ1n) is 10.9. The summed E-state index contributed by atoms with van der Waals surface area (Å²) in [5.41, 5.74) is 1.20. The molecule has 0 aliphatic rings. The van der Waals surface area contributed by atoms with E-state index in [2.05, 4.69) is 20.8 Å². The monoisotopic (exact) mass is 549 g/mol. The van der Waals surface area contributed by atoms with E-state index in [4.69, 9.17) is 27.9 Å². The van der Waals surface area contributed by atoms with Gasteiger partial charge in [0.25, 0.3) is 5.91 Å². The van der Waals surface area contributed by atoms with E-state index in [0.717, 1.165) is 0 Å². The molecule has 0 aliphatic heterocycles. The molecule has 2 aromatic carbocycles. The van der Waals surface area contributed by atoms with Gasteiger partial charge in [-0.1, -0.05) is 41.0 Å². The highest BCUT2D eigenvalue weighted by Crippen LogP contribution is 2.24. The zero-order valence-corrected chi connectivity index (χ0v) is 22.4. The van der Waals surface area contributed by atoms with Crippen molar-refractivity contribution in [2.75, 3.05) is 11.1 Å². The largest absolute Gasteiger partial charge is 0.459 e. The van der Waals surface area contributed by atoms with Crippen molar-refractivity contribution in [3.63, 3.8) is 0 Å². The first kappa shape index (κ1) is 27.5. The van der Waals surface area contributed by atoms with E-state index >= 15 is 0 Å². The molecule has 9 nitrogen and oxygen atoms in total.